The van der Waals surface area contributed by atoms with Crippen molar-refractivity contribution in [3.8, 4) is 5.88 Å². The number of alkyl halides is 1. The lowest BCUT2D eigenvalue weighted by Gasteiger charge is -2.20. The van der Waals surface area contributed by atoms with Crippen molar-refractivity contribution in [2.45, 2.75) is 19.1 Å². The van der Waals surface area contributed by atoms with Gasteiger partial charge in [-0.25, -0.2) is 23.6 Å². The topological polar surface area (TPSA) is 102 Å². The molecule has 0 bridgehead atoms. The third kappa shape index (κ3) is 5.60. The lowest BCUT2D eigenvalue weighted by Crippen LogP contribution is -2.32. The van der Waals surface area contributed by atoms with Gasteiger partial charge in [-0.1, -0.05) is 0 Å². The number of nitrogens with zero attached hydrogens (tertiary/aromatic N) is 5. The van der Waals surface area contributed by atoms with Crippen LogP contribution in [0.4, 0.5) is 21.6 Å². The van der Waals surface area contributed by atoms with Crippen molar-refractivity contribution < 1.29 is 18.1 Å². The normalized spacial score (nSPS) is 18.9. The molecule has 2 atom stereocenters. The van der Waals surface area contributed by atoms with E-state index in [0.29, 0.717) is 48.2 Å². The first-order valence-corrected chi connectivity index (χ1v) is 13.2. The van der Waals surface area contributed by atoms with Crippen molar-refractivity contribution >= 4 is 37.8 Å². The van der Waals surface area contributed by atoms with E-state index in [0.717, 1.165) is 10.9 Å². The van der Waals surface area contributed by atoms with Crippen molar-refractivity contribution in [2.75, 3.05) is 51.2 Å². The molecule has 1 fully saturated rings. The molecule has 11 heteroatoms. The highest BCUT2D eigenvalue weighted by Gasteiger charge is 2.35. The standard InChI is InChI=1S/C23H29FN6O3S/c1-15-10-16(29-34(3,4)31)11-18-21(15)22(27-14-26-18)28-17-6-5-8-25-23(17)33-20-13-30(9-7-24)12-19(20)32-2/h5-6,8,10-11,14,19-20H,7,9,12-13H2,1-4H3,(H,26,27,28)/t19-,20-/m1/s1. The number of halogens is 1. The second-order valence-electron chi connectivity index (χ2n) is 8.51. The van der Waals surface area contributed by atoms with Gasteiger partial charge in [-0.15, -0.1) is 0 Å². The van der Waals surface area contributed by atoms with Gasteiger partial charge in [-0.2, -0.15) is 4.36 Å². The van der Waals surface area contributed by atoms with Crippen LogP contribution in [0.15, 0.2) is 41.2 Å². The van der Waals surface area contributed by atoms with Gasteiger partial charge in [0.05, 0.1) is 11.2 Å². The predicted octanol–water partition coefficient (Wildman–Crippen LogP) is 3.48. The Balaban J connectivity index is 1.64. The third-order valence-corrected chi connectivity index (χ3v) is 6.18. The van der Waals surface area contributed by atoms with E-state index in [-0.39, 0.29) is 12.2 Å². The van der Waals surface area contributed by atoms with E-state index in [1.165, 1.54) is 6.33 Å². The molecule has 0 unspecified atom stereocenters. The number of hydrogen-bond acceptors (Lipinski definition) is 9. The molecule has 0 saturated carbocycles. The van der Waals surface area contributed by atoms with Gasteiger partial charge in [-0.05, 0) is 36.8 Å². The van der Waals surface area contributed by atoms with Crippen molar-refractivity contribution in [1.82, 2.24) is 19.9 Å². The van der Waals surface area contributed by atoms with Crippen molar-refractivity contribution in [2.24, 2.45) is 4.36 Å². The van der Waals surface area contributed by atoms with Crippen LogP contribution >= 0.6 is 0 Å². The molecule has 4 rings (SSSR count). The average molecular weight is 489 g/mol. The molecular formula is C23H29FN6O3S. The van der Waals surface area contributed by atoms with Crippen LogP contribution in [0.2, 0.25) is 0 Å². The highest BCUT2D eigenvalue weighted by molar-refractivity contribution is 7.92. The first-order valence-electron chi connectivity index (χ1n) is 10.9. The molecule has 0 spiro atoms. The molecule has 3 aromatic rings. The Morgan fingerprint density at radius 2 is 2.03 bits per heavy atom. The first-order chi connectivity index (χ1) is 16.3. The van der Waals surface area contributed by atoms with Crippen LogP contribution in [-0.4, -0.2) is 82.2 Å². The number of rotatable bonds is 8. The maximum atomic E-state index is 12.8. The van der Waals surface area contributed by atoms with Crippen LogP contribution in [0, 0.1) is 6.92 Å². The molecule has 1 saturated heterocycles. The van der Waals surface area contributed by atoms with Gasteiger partial charge in [-0.3, -0.25) is 4.90 Å². The van der Waals surface area contributed by atoms with Crippen molar-refractivity contribution in [1.29, 1.82) is 0 Å². The Hall–Kier alpha value is -2.89. The Bertz CT molecular complexity index is 1290. The molecule has 1 aromatic carbocycles. The number of aromatic nitrogens is 3. The van der Waals surface area contributed by atoms with E-state index in [4.69, 9.17) is 9.47 Å². The molecule has 0 amide bonds. The summed E-state index contributed by atoms with van der Waals surface area (Å²) in [5.74, 6) is 0.999. The fraction of sp³-hybridized carbons (Fsp3) is 0.435. The summed E-state index contributed by atoms with van der Waals surface area (Å²) in [7, 11) is -0.668. The molecule has 3 heterocycles. The molecule has 0 radical (unpaired) electrons. The lowest BCUT2D eigenvalue weighted by molar-refractivity contribution is 0.0324. The minimum Gasteiger partial charge on any atom is -0.469 e. The lowest BCUT2D eigenvalue weighted by atomic mass is 10.1. The fourth-order valence-electron chi connectivity index (χ4n) is 4.09. The van der Waals surface area contributed by atoms with Gasteiger partial charge in [0, 0.05) is 60.6 Å². The summed E-state index contributed by atoms with van der Waals surface area (Å²) in [6.45, 7) is 3.02. The van der Waals surface area contributed by atoms with Crippen LogP contribution < -0.4 is 10.1 Å². The van der Waals surface area contributed by atoms with E-state index in [1.807, 2.05) is 24.0 Å². The summed E-state index contributed by atoms with van der Waals surface area (Å²) in [5.41, 5.74) is 2.83. The quantitative estimate of drug-likeness (QED) is 0.514. The van der Waals surface area contributed by atoms with E-state index in [1.54, 1.807) is 38.0 Å². The molecule has 0 aliphatic carbocycles. The van der Waals surface area contributed by atoms with Crippen LogP contribution in [0.5, 0.6) is 5.88 Å². The van der Waals surface area contributed by atoms with Gasteiger partial charge in [0.25, 0.3) is 0 Å². The summed E-state index contributed by atoms with van der Waals surface area (Å²) in [6, 6.07) is 7.32. The zero-order valence-electron chi connectivity index (χ0n) is 19.7. The number of anilines is 2. The predicted molar refractivity (Wildman–Crippen MR) is 132 cm³/mol. The number of benzene rings is 1. The summed E-state index contributed by atoms with van der Waals surface area (Å²) < 4.78 is 41.0. The summed E-state index contributed by atoms with van der Waals surface area (Å²) in [6.07, 6.45) is 5.85. The summed E-state index contributed by atoms with van der Waals surface area (Å²) >= 11 is 0. The van der Waals surface area contributed by atoms with E-state index < -0.39 is 16.4 Å². The van der Waals surface area contributed by atoms with Gasteiger partial charge in [0.2, 0.25) is 5.88 Å². The largest absolute Gasteiger partial charge is 0.469 e. The molecule has 1 aliphatic heterocycles. The van der Waals surface area contributed by atoms with Gasteiger partial charge in [0.1, 0.15) is 36.7 Å². The summed E-state index contributed by atoms with van der Waals surface area (Å²) in [4.78, 5) is 15.2. The van der Waals surface area contributed by atoms with Gasteiger partial charge in [0.15, 0.2) is 0 Å². The van der Waals surface area contributed by atoms with Crippen LogP contribution in [0.3, 0.4) is 0 Å². The van der Waals surface area contributed by atoms with E-state index in [2.05, 4.69) is 24.6 Å². The second-order valence-corrected chi connectivity index (χ2v) is 11.1. The molecule has 2 aromatic heterocycles. The monoisotopic (exact) mass is 488 g/mol. The Morgan fingerprint density at radius 3 is 2.76 bits per heavy atom. The Kier molecular flexibility index (Phi) is 7.24. The van der Waals surface area contributed by atoms with E-state index in [9.17, 15) is 8.60 Å². The highest BCUT2D eigenvalue weighted by atomic mass is 32.2. The van der Waals surface area contributed by atoms with Crippen molar-refractivity contribution in [3.63, 3.8) is 0 Å². The molecule has 1 N–H and O–H groups in total. The van der Waals surface area contributed by atoms with Crippen LogP contribution in [-0.2, 0) is 14.5 Å². The minimum atomic E-state index is -2.30. The molecule has 9 nitrogen and oxygen atoms in total. The first kappa shape index (κ1) is 24.2. The highest BCUT2D eigenvalue weighted by Crippen LogP contribution is 2.33. The number of fused-ring (bicyclic) bond motifs is 1. The smallest absolute Gasteiger partial charge is 0.238 e. The molecule has 182 valence electrons. The molecule has 1 aliphatic rings. The SMILES string of the molecule is CO[C@@H]1CN(CCF)C[C@H]1Oc1ncccc1Nc1ncnc2cc(N=S(C)(C)=O)cc(C)c12. The minimum absolute atomic E-state index is 0.182. The summed E-state index contributed by atoms with van der Waals surface area (Å²) in [5, 5.41) is 4.15. The van der Waals surface area contributed by atoms with Gasteiger partial charge >= 0.3 is 0 Å². The Morgan fingerprint density at radius 1 is 1.24 bits per heavy atom. The molecular weight excluding hydrogens is 459 g/mol. The number of methoxy groups -OCH3 is 1. The molecule has 34 heavy (non-hydrogen) atoms. The van der Waals surface area contributed by atoms with Crippen LogP contribution in [0.1, 0.15) is 5.56 Å². The van der Waals surface area contributed by atoms with Crippen molar-refractivity contribution in [3.05, 3.63) is 42.4 Å². The second kappa shape index (κ2) is 10.2. The number of ether oxygens (including phenoxy) is 2. The zero-order valence-corrected chi connectivity index (χ0v) is 20.5. The number of likely N-dealkylation sites (tertiary alicyclic amines) is 1. The number of aryl methyl sites for hydroxylation is 1. The maximum absolute atomic E-state index is 12.8. The van der Waals surface area contributed by atoms with E-state index >= 15 is 0 Å². The van der Waals surface area contributed by atoms with Crippen LogP contribution in [0.25, 0.3) is 10.9 Å². The number of pyridine rings is 1. The zero-order chi connectivity index (χ0) is 24.3. The fourth-order valence-corrected chi connectivity index (χ4v) is 4.70. The number of nitrogens with one attached hydrogen (secondary N) is 1. The maximum Gasteiger partial charge on any atom is 0.238 e. The third-order valence-electron chi connectivity index (χ3n) is 5.53. The average Bonchev–Trinajstić information content (AvgIpc) is 3.15. The Labute approximate surface area is 198 Å². The number of hydrogen-bond donors (Lipinski definition) is 1. The van der Waals surface area contributed by atoms with Gasteiger partial charge < -0.3 is 14.8 Å².